The molecule has 0 aliphatic carbocycles. The molecule has 0 saturated heterocycles. The van der Waals surface area contributed by atoms with Crippen molar-refractivity contribution in [3.05, 3.63) is 33.3 Å². The maximum Gasteiger partial charge on any atom is 0.0468 e. The summed E-state index contributed by atoms with van der Waals surface area (Å²) in [5, 5.41) is 12.9. The molecule has 2 nitrogen and oxygen atoms in total. The van der Waals surface area contributed by atoms with E-state index < -0.39 is 0 Å². The number of aliphatic hydroxyl groups excluding tert-OH is 1. The van der Waals surface area contributed by atoms with Crippen LogP contribution in [0.2, 0.25) is 5.02 Å². The third-order valence-electron chi connectivity index (χ3n) is 2.14. The molecule has 4 heteroatoms. The first-order chi connectivity index (χ1) is 7.13. The van der Waals surface area contributed by atoms with Gasteiger partial charge in [0.15, 0.2) is 0 Å². The second kappa shape index (κ2) is 6.48. The number of nitrogens with one attached hydrogen (secondary N) is 1. The van der Waals surface area contributed by atoms with Crippen molar-refractivity contribution in [2.24, 2.45) is 5.92 Å². The summed E-state index contributed by atoms with van der Waals surface area (Å²) in [4.78, 5) is 0. The summed E-state index contributed by atoms with van der Waals surface area (Å²) >= 11 is 9.30. The molecule has 1 atom stereocenters. The fraction of sp³-hybridized carbons (Fsp3) is 0.455. The number of hydrogen-bond acceptors (Lipinski definition) is 2. The molecule has 0 aromatic heterocycles. The number of halogens is 2. The molecule has 1 rings (SSSR count). The largest absolute Gasteiger partial charge is 0.396 e. The molecular weight excluding hydrogens is 277 g/mol. The highest BCUT2D eigenvalue weighted by molar-refractivity contribution is 9.10. The van der Waals surface area contributed by atoms with Crippen LogP contribution in [-0.4, -0.2) is 18.3 Å². The second-order valence-electron chi connectivity index (χ2n) is 3.65. The van der Waals surface area contributed by atoms with Crippen LogP contribution in [0.15, 0.2) is 22.7 Å². The summed E-state index contributed by atoms with van der Waals surface area (Å²) < 4.78 is 1.01. The summed E-state index contributed by atoms with van der Waals surface area (Å²) in [6.07, 6.45) is 0. The van der Waals surface area contributed by atoms with Gasteiger partial charge >= 0.3 is 0 Å². The van der Waals surface area contributed by atoms with Gasteiger partial charge in [-0.25, -0.2) is 0 Å². The fourth-order valence-corrected chi connectivity index (χ4v) is 2.01. The summed E-state index contributed by atoms with van der Waals surface area (Å²) in [6, 6.07) is 5.75. The van der Waals surface area contributed by atoms with Gasteiger partial charge in [-0.15, -0.1) is 0 Å². The molecule has 2 N–H and O–H groups in total. The fourth-order valence-electron chi connectivity index (χ4n) is 1.18. The van der Waals surface area contributed by atoms with E-state index >= 15 is 0 Å². The molecule has 0 fully saturated rings. The highest BCUT2D eigenvalue weighted by atomic mass is 79.9. The predicted octanol–water partition coefficient (Wildman–Crippen LogP) is 2.82. The molecule has 0 spiro atoms. The van der Waals surface area contributed by atoms with Gasteiger partial charge in [0, 0.05) is 29.2 Å². The number of rotatable bonds is 5. The van der Waals surface area contributed by atoms with Crippen molar-refractivity contribution in [2.45, 2.75) is 13.5 Å². The zero-order chi connectivity index (χ0) is 11.3. The molecule has 84 valence electrons. The van der Waals surface area contributed by atoms with Gasteiger partial charge in [0.2, 0.25) is 0 Å². The van der Waals surface area contributed by atoms with Gasteiger partial charge in [-0.3, -0.25) is 0 Å². The van der Waals surface area contributed by atoms with E-state index in [1.807, 2.05) is 25.1 Å². The van der Waals surface area contributed by atoms with Crippen molar-refractivity contribution >= 4 is 27.5 Å². The highest BCUT2D eigenvalue weighted by Crippen LogP contribution is 2.21. The van der Waals surface area contributed by atoms with Gasteiger partial charge in [-0.05, 0) is 23.6 Å². The minimum Gasteiger partial charge on any atom is -0.396 e. The standard InChI is InChI=1S/C11H15BrClNO/c1-8(7-15)5-14-6-9-2-3-10(13)4-11(9)12/h2-4,8,14-15H,5-7H2,1H3. The van der Waals surface area contributed by atoms with E-state index in [-0.39, 0.29) is 12.5 Å². The van der Waals surface area contributed by atoms with Gasteiger partial charge in [-0.2, -0.15) is 0 Å². The van der Waals surface area contributed by atoms with E-state index in [1.165, 1.54) is 5.56 Å². The first-order valence-electron chi connectivity index (χ1n) is 4.89. The Hall–Kier alpha value is -0.0900. The Kier molecular flexibility index (Phi) is 5.61. The van der Waals surface area contributed by atoms with E-state index in [0.29, 0.717) is 0 Å². The Labute approximate surface area is 104 Å². The molecule has 0 bridgehead atoms. The Bertz CT molecular complexity index is 319. The van der Waals surface area contributed by atoms with Gasteiger partial charge in [-0.1, -0.05) is 40.5 Å². The maximum atomic E-state index is 8.86. The van der Waals surface area contributed by atoms with E-state index in [1.54, 1.807) is 0 Å². The predicted molar refractivity (Wildman–Crippen MR) is 67.1 cm³/mol. The molecule has 0 heterocycles. The molecule has 1 unspecified atom stereocenters. The van der Waals surface area contributed by atoms with E-state index in [9.17, 15) is 0 Å². The molecule has 1 aromatic carbocycles. The zero-order valence-electron chi connectivity index (χ0n) is 8.63. The van der Waals surface area contributed by atoms with E-state index in [2.05, 4.69) is 21.2 Å². The Morgan fingerprint density at radius 3 is 2.87 bits per heavy atom. The summed E-state index contributed by atoms with van der Waals surface area (Å²) in [6.45, 7) is 3.81. The first-order valence-corrected chi connectivity index (χ1v) is 6.06. The molecule has 0 aliphatic rings. The minimum absolute atomic E-state index is 0.217. The van der Waals surface area contributed by atoms with Crippen LogP contribution in [0.25, 0.3) is 0 Å². The van der Waals surface area contributed by atoms with Crippen LogP contribution in [-0.2, 0) is 6.54 Å². The zero-order valence-corrected chi connectivity index (χ0v) is 11.0. The molecule has 0 amide bonds. The number of hydrogen-bond donors (Lipinski definition) is 2. The van der Waals surface area contributed by atoms with Crippen molar-refractivity contribution < 1.29 is 5.11 Å². The lowest BCUT2D eigenvalue weighted by atomic mass is 10.2. The molecule has 0 radical (unpaired) electrons. The lowest BCUT2D eigenvalue weighted by Crippen LogP contribution is -2.22. The first kappa shape index (κ1) is 13.0. The Morgan fingerprint density at radius 2 is 2.27 bits per heavy atom. The average molecular weight is 293 g/mol. The summed E-state index contributed by atoms with van der Waals surface area (Å²) in [5.41, 5.74) is 1.17. The maximum absolute atomic E-state index is 8.86. The summed E-state index contributed by atoms with van der Waals surface area (Å²) in [5.74, 6) is 0.288. The van der Waals surface area contributed by atoms with Gasteiger partial charge in [0.05, 0.1) is 0 Å². The Balaban J connectivity index is 2.44. The third-order valence-corrected chi connectivity index (χ3v) is 3.11. The van der Waals surface area contributed by atoms with Crippen LogP contribution in [0.1, 0.15) is 12.5 Å². The molecule has 15 heavy (non-hydrogen) atoms. The van der Waals surface area contributed by atoms with Crippen molar-refractivity contribution in [1.29, 1.82) is 0 Å². The third kappa shape index (κ3) is 4.51. The number of aliphatic hydroxyl groups is 1. The highest BCUT2D eigenvalue weighted by Gasteiger charge is 2.02. The quantitative estimate of drug-likeness (QED) is 0.875. The van der Waals surface area contributed by atoms with E-state index in [0.717, 1.165) is 22.6 Å². The van der Waals surface area contributed by atoms with Crippen molar-refractivity contribution in [3.8, 4) is 0 Å². The van der Waals surface area contributed by atoms with Crippen LogP contribution >= 0.6 is 27.5 Å². The van der Waals surface area contributed by atoms with Crippen LogP contribution in [0, 0.1) is 5.92 Å². The monoisotopic (exact) mass is 291 g/mol. The van der Waals surface area contributed by atoms with Crippen LogP contribution in [0.5, 0.6) is 0 Å². The van der Waals surface area contributed by atoms with Crippen molar-refractivity contribution in [2.75, 3.05) is 13.2 Å². The lowest BCUT2D eigenvalue weighted by molar-refractivity contribution is 0.233. The van der Waals surface area contributed by atoms with Gasteiger partial charge in [0.1, 0.15) is 0 Å². The van der Waals surface area contributed by atoms with Crippen molar-refractivity contribution in [1.82, 2.24) is 5.32 Å². The van der Waals surface area contributed by atoms with Crippen LogP contribution in [0.3, 0.4) is 0 Å². The minimum atomic E-state index is 0.217. The van der Waals surface area contributed by atoms with E-state index in [4.69, 9.17) is 16.7 Å². The van der Waals surface area contributed by atoms with Crippen molar-refractivity contribution in [3.63, 3.8) is 0 Å². The molecular formula is C11H15BrClNO. The lowest BCUT2D eigenvalue weighted by Gasteiger charge is -2.10. The molecule has 0 saturated carbocycles. The van der Waals surface area contributed by atoms with Crippen LogP contribution < -0.4 is 5.32 Å². The molecule has 1 aromatic rings. The summed E-state index contributed by atoms with van der Waals surface area (Å²) in [7, 11) is 0. The SMILES string of the molecule is CC(CO)CNCc1ccc(Cl)cc1Br. The topological polar surface area (TPSA) is 32.3 Å². The number of benzene rings is 1. The van der Waals surface area contributed by atoms with Gasteiger partial charge < -0.3 is 10.4 Å². The van der Waals surface area contributed by atoms with Gasteiger partial charge in [0.25, 0.3) is 0 Å². The Morgan fingerprint density at radius 1 is 1.53 bits per heavy atom. The smallest absolute Gasteiger partial charge is 0.0468 e. The normalized spacial score (nSPS) is 12.8. The van der Waals surface area contributed by atoms with Crippen LogP contribution in [0.4, 0.5) is 0 Å². The average Bonchev–Trinajstić information content (AvgIpc) is 2.21. The molecule has 0 aliphatic heterocycles. The second-order valence-corrected chi connectivity index (χ2v) is 4.95.